The normalized spacial score (nSPS) is 12.3. The van der Waals surface area contributed by atoms with Gasteiger partial charge in [0.05, 0.1) is 23.3 Å². The van der Waals surface area contributed by atoms with Crippen LogP contribution >= 0.6 is 0 Å². The summed E-state index contributed by atoms with van der Waals surface area (Å²) in [6.45, 7) is 6.36. The lowest BCUT2D eigenvalue weighted by Gasteiger charge is -2.22. The molecule has 0 bridgehead atoms. The van der Waals surface area contributed by atoms with Gasteiger partial charge in [-0.15, -0.1) is 11.5 Å². The van der Waals surface area contributed by atoms with Crippen LogP contribution in [0.15, 0.2) is 54.9 Å². The van der Waals surface area contributed by atoms with Crippen molar-refractivity contribution in [3.8, 4) is 18.0 Å². The van der Waals surface area contributed by atoms with Gasteiger partial charge in [-0.2, -0.15) is 5.10 Å². The molecule has 0 amide bonds. The van der Waals surface area contributed by atoms with Crippen LogP contribution in [0.4, 0.5) is 11.5 Å². The van der Waals surface area contributed by atoms with Gasteiger partial charge in [-0.25, -0.2) is 4.98 Å². The average molecular weight is 393 g/mol. The van der Waals surface area contributed by atoms with Gasteiger partial charge in [0.25, 0.3) is 0 Å². The highest BCUT2D eigenvalue weighted by Gasteiger charge is 2.15. The van der Waals surface area contributed by atoms with E-state index < -0.39 is 0 Å². The Kier molecular flexibility index (Phi) is 5.32. The molecule has 2 aromatic heterocycles. The molecule has 0 atom stereocenters. The van der Waals surface area contributed by atoms with Gasteiger partial charge in [0.15, 0.2) is 5.82 Å². The lowest BCUT2D eigenvalue weighted by Crippen LogP contribution is -2.36. The average Bonchev–Trinajstić information content (AvgIpc) is 3.21. The highest BCUT2D eigenvalue weighted by molar-refractivity contribution is 5.83. The molecule has 148 valence electrons. The zero-order chi connectivity index (χ0) is 21.1. The number of aromatic nitrogens is 4. The van der Waals surface area contributed by atoms with Crippen molar-refractivity contribution in [2.24, 2.45) is 0 Å². The lowest BCUT2D eigenvalue weighted by molar-refractivity contribution is 0.914. The maximum absolute atomic E-state index is 5.71. The number of para-hydroxylation sites is 1. The third kappa shape index (κ3) is 3.33. The Morgan fingerprint density at radius 2 is 1.80 bits per heavy atom. The zero-order valence-corrected chi connectivity index (χ0v) is 17.4. The van der Waals surface area contributed by atoms with E-state index in [0.717, 1.165) is 44.4 Å². The number of fused-ring (bicyclic) bond motifs is 1. The fourth-order valence-corrected chi connectivity index (χ4v) is 3.74. The summed E-state index contributed by atoms with van der Waals surface area (Å²) >= 11 is 0. The van der Waals surface area contributed by atoms with Crippen LogP contribution in [-0.4, -0.2) is 26.3 Å². The van der Waals surface area contributed by atoms with E-state index in [1.165, 1.54) is 0 Å². The summed E-state index contributed by atoms with van der Waals surface area (Å²) in [6, 6.07) is 16.3. The van der Waals surface area contributed by atoms with E-state index in [1.54, 1.807) is 0 Å². The second-order valence-corrected chi connectivity index (χ2v) is 6.93. The standard InChI is InChI=1S/C25H23N5/c1-5-15-29(25-22(7-3)21(6-2)18(4)27-28-25)20-13-14-24-23(16-20)26-17-30(24)19-11-9-8-10-12-19/h1,6-14,16-17H,15H2,2-4H3. The van der Waals surface area contributed by atoms with Gasteiger partial charge in [-0.3, -0.25) is 4.57 Å². The molecule has 0 fully saturated rings. The molecule has 5 nitrogen and oxygen atoms in total. The number of hydrogen-bond acceptors (Lipinski definition) is 4. The van der Waals surface area contributed by atoms with Crippen molar-refractivity contribution in [1.82, 2.24) is 19.7 Å². The maximum atomic E-state index is 5.71. The summed E-state index contributed by atoms with van der Waals surface area (Å²) in [5.41, 5.74) is 4.82. The van der Waals surface area contributed by atoms with Gasteiger partial charge in [0, 0.05) is 21.8 Å². The zero-order valence-electron chi connectivity index (χ0n) is 17.4. The molecule has 0 spiro atoms. The molecule has 0 N–H and O–H groups in total. The van der Waals surface area contributed by atoms with Gasteiger partial charge >= 0.3 is 0 Å². The first-order valence-electron chi connectivity index (χ1n) is 9.87. The Morgan fingerprint density at radius 1 is 1.03 bits per heavy atom. The Morgan fingerprint density at radius 3 is 2.50 bits per heavy atom. The molecule has 0 saturated carbocycles. The smallest absolute Gasteiger partial charge is 0.164 e. The Balaban J connectivity index is 1.87. The molecule has 0 saturated heterocycles. The van der Waals surface area contributed by atoms with Crippen LogP contribution in [0.3, 0.4) is 0 Å². The first-order chi connectivity index (χ1) is 14.7. The molecule has 4 aromatic rings. The van der Waals surface area contributed by atoms with Crippen LogP contribution in [0.1, 0.15) is 19.5 Å². The van der Waals surface area contributed by atoms with Crippen molar-refractivity contribution < 1.29 is 0 Å². The highest BCUT2D eigenvalue weighted by atomic mass is 15.3. The van der Waals surface area contributed by atoms with Gasteiger partial charge in [0.1, 0.15) is 6.33 Å². The summed E-state index contributed by atoms with van der Waals surface area (Å²) in [5.74, 6) is 3.50. The molecule has 4 rings (SSSR count). The van der Waals surface area contributed by atoms with E-state index in [-0.39, 0.29) is 0 Å². The fourth-order valence-electron chi connectivity index (χ4n) is 3.74. The number of aryl methyl sites for hydroxylation is 1. The number of nitrogens with zero attached hydrogens (tertiary/aromatic N) is 5. The maximum Gasteiger partial charge on any atom is 0.164 e. The van der Waals surface area contributed by atoms with Gasteiger partial charge in [0.2, 0.25) is 0 Å². The van der Waals surface area contributed by atoms with Crippen LogP contribution in [0.2, 0.25) is 0 Å². The van der Waals surface area contributed by atoms with Crippen molar-refractivity contribution in [1.29, 1.82) is 0 Å². The minimum atomic E-state index is 0.382. The molecule has 30 heavy (non-hydrogen) atoms. The first-order valence-corrected chi connectivity index (χ1v) is 9.87. The number of hydrogen-bond donors (Lipinski definition) is 0. The van der Waals surface area contributed by atoms with E-state index in [4.69, 9.17) is 6.42 Å². The minimum Gasteiger partial charge on any atom is -0.313 e. The molecule has 5 heteroatoms. The van der Waals surface area contributed by atoms with Gasteiger partial charge < -0.3 is 4.90 Å². The number of benzene rings is 2. The Bertz CT molecular complexity index is 1360. The first kappa shape index (κ1) is 19.4. The third-order valence-corrected chi connectivity index (χ3v) is 5.17. The summed E-state index contributed by atoms with van der Waals surface area (Å²) in [7, 11) is 0. The SMILES string of the molecule is C#CCN(c1ccc2c(c1)ncn2-c1ccccc1)c1nnc(C)c(=CC)c1=CC. The molecule has 0 aliphatic heterocycles. The van der Waals surface area contributed by atoms with E-state index >= 15 is 0 Å². The minimum absolute atomic E-state index is 0.382. The fraction of sp³-hybridized carbons (Fsp3) is 0.160. The topological polar surface area (TPSA) is 46.8 Å². The van der Waals surface area contributed by atoms with Crippen molar-refractivity contribution in [2.75, 3.05) is 11.4 Å². The van der Waals surface area contributed by atoms with E-state index in [0.29, 0.717) is 6.54 Å². The second kappa shape index (κ2) is 8.22. The highest BCUT2D eigenvalue weighted by Crippen LogP contribution is 2.26. The predicted molar refractivity (Wildman–Crippen MR) is 123 cm³/mol. The second-order valence-electron chi connectivity index (χ2n) is 6.93. The van der Waals surface area contributed by atoms with Crippen LogP contribution < -0.4 is 15.3 Å². The molecule has 0 aliphatic rings. The quantitative estimate of drug-likeness (QED) is 0.498. The number of terminal acetylenes is 1. The van der Waals surface area contributed by atoms with Crippen LogP contribution in [0, 0.1) is 19.3 Å². The molecule has 0 radical (unpaired) electrons. The molecule has 0 unspecified atom stereocenters. The van der Waals surface area contributed by atoms with Gasteiger partial charge in [-0.05, 0) is 51.1 Å². The summed E-state index contributed by atoms with van der Waals surface area (Å²) in [6.07, 6.45) is 11.7. The Labute approximate surface area is 176 Å². The molecule has 0 aliphatic carbocycles. The Hall–Kier alpha value is -3.91. The lowest BCUT2D eigenvalue weighted by atomic mass is 10.2. The van der Waals surface area contributed by atoms with Crippen molar-refractivity contribution in [3.05, 3.63) is 71.0 Å². The summed E-state index contributed by atoms with van der Waals surface area (Å²) in [5, 5.41) is 10.9. The van der Waals surface area contributed by atoms with Crippen LogP contribution in [0.25, 0.3) is 28.9 Å². The number of rotatable bonds is 4. The van der Waals surface area contributed by atoms with Crippen LogP contribution in [-0.2, 0) is 0 Å². The molecular formula is C25H23N5. The van der Waals surface area contributed by atoms with E-state index in [1.807, 2.05) is 56.3 Å². The van der Waals surface area contributed by atoms with Crippen molar-refractivity contribution in [2.45, 2.75) is 20.8 Å². The summed E-state index contributed by atoms with van der Waals surface area (Å²) in [4.78, 5) is 6.63. The van der Waals surface area contributed by atoms with Gasteiger partial charge in [-0.1, -0.05) is 36.3 Å². The molecule has 2 heterocycles. The van der Waals surface area contributed by atoms with Crippen molar-refractivity contribution >= 4 is 34.7 Å². The molecule has 2 aromatic carbocycles. The third-order valence-electron chi connectivity index (χ3n) is 5.17. The van der Waals surface area contributed by atoms with E-state index in [2.05, 4.69) is 62.1 Å². The molecular weight excluding hydrogens is 370 g/mol. The summed E-state index contributed by atoms with van der Waals surface area (Å²) < 4.78 is 2.08. The van der Waals surface area contributed by atoms with Crippen LogP contribution in [0.5, 0.6) is 0 Å². The largest absolute Gasteiger partial charge is 0.313 e. The number of anilines is 2. The monoisotopic (exact) mass is 393 g/mol. The van der Waals surface area contributed by atoms with Crippen molar-refractivity contribution in [3.63, 3.8) is 0 Å². The predicted octanol–water partition coefficient (Wildman–Crippen LogP) is 3.50. The van der Waals surface area contributed by atoms with E-state index in [9.17, 15) is 0 Å². The number of imidazole rings is 1.